The van der Waals surface area contributed by atoms with E-state index in [1.807, 2.05) is 6.92 Å². The molecule has 1 saturated heterocycles. The van der Waals surface area contributed by atoms with Crippen molar-refractivity contribution < 1.29 is 9.28 Å². The summed E-state index contributed by atoms with van der Waals surface area (Å²) >= 11 is 0. The fraction of sp³-hybridized carbons (Fsp3) is 0.929. The second-order valence-corrected chi connectivity index (χ2v) is 5.18. The van der Waals surface area contributed by atoms with E-state index in [0.717, 1.165) is 24.1 Å². The molecule has 1 aliphatic rings. The summed E-state index contributed by atoms with van der Waals surface area (Å²) < 4.78 is 0.806. The van der Waals surface area contributed by atoms with Crippen LogP contribution in [0.1, 0.15) is 65.2 Å². The minimum Gasteiger partial charge on any atom is -0.261 e. The largest absolute Gasteiger partial charge is 0.313 e. The number of unbranched alkanes of at least 4 members (excludes halogenated alkanes) is 3. The Hall–Kier alpha value is -0.370. The van der Waals surface area contributed by atoms with Gasteiger partial charge in [-0.2, -0.15) is 0 Å². The van der Waals surface area contributed by atoms with Crippen molar-refractivity contribution in [3.8, 4) is 0 Å². The minimum atomic E-state index is 0.483. The summed E-state index contributed by atoms with van der Waals surface area (Å²) in [6, 6.07) is 0. The van der Waals surface area contributed by atoms with Crippen LogP contribution >= 0.6 is 0 Å². The van der Waals surface area contributed by atoms with Crippen LogP contribution in [0.15, 0.2) is 0 Å². The number of likely N-dealkylation sites (tertiary alicyclic amines) is 1. The number of hydrogen-bond acceptors (Lipinski definition) is 1. The first-order valence-electron chi connectivity index (χ1n) is 7.14. The van der Waals surface area contributed by atoms with Crippen molar-refractivity contribution >= 4 is 5.91 Å². The van der Waals surface area contributed by atoms with Gasteiger partial charge in [0.05, 0.1) is 26.1 Å². The molecule has 2 heteroatoms. The summed E-state index contributed by atoms with van der Waals surface area (Å²) in [6.45, 7) is 7.58. The first-order chi connectivity index (χ1) is 7.75. The van der Waals surface area contributed by atoms with E-state index in [-0.39, 0.29) is 0 Å². The Balaban J connectivity index is 2.46. The quantitative estimate of drug-likeness (QED) is 0.500. The Morgan fingerprint density at radius 2 is 1.69 bits per heavy atom. The molecule has 0 unspecified atom stereocenters. The topological polar surface area (TPSA) is 17.1 Å². The number of nitrogens with zero attached hydrogens (tertiary/aromatic N) is 1. The van der Waals surface area contributed by atoms with Gasteiger partial charge in [0.1, 0.15) is 0 Å². The van der Waals surface area contributed by atoms with Gasteiger partial charge in [-0.25, -0.2) is 4.79 Å². The molecule has 0 atom stereocenters. The number of piperidine rings is 1. The van der Waals surface area contributed by atoms with Crippen LogP contribution in [0.2, 0.25) is 0 Å². The second kappa shape index (κ2) is 7.05. The molecular formula is C14H28NO+. The maximum absolute atomic E-state index is 12.1. The van der Waals surface area contributed by atoms with E-state index < -0.39 is 0 Å². The molecule has 1 rings (SSSR count). The zero-order valence-corrected chi connectivity index (χ0v) is 11.1. The van der Waals surface area contributed by atoms with E-state index in [4.69, 9.17) is 0 Å². The van der Waals surface area contributed by atoms with Gasteiger partial charge in [-0.05, 0) is 32.1 Å². The third kappa shape index (κ3) is 3.58. The van der Waals surface area contributed by atoms with Crippen LogP contribution < -0.4 is 0 Å². The van der Waals surface area contributed by atoms with E-state index in [2.05, 4.69) is 6.92 Å². The maximum Gasteiger partial charge on any atom is 0.313 e. The Kier molecular flexibility index (Phi) is 6.04. The lowest BCUT2D eigenvalue weighted by Crippen LogP contribution is -2.56. The highest BCUT2D eigenvalue weighted by atomic mass is 16.2. The molecule has 94 valence electrons. The summed E-state index contributed by atoms with van der Waals surface area (Å²) in [4.78, 5) is 12.1. The zero-order valence-electron chi connectivity index (χ0n) is 11.1. The van der Waals surface area contributed by atoms with Crippen LogP contribution in [0.4, 0.5) is 0 Å². The van der Waals surface area contributed by atoms with Gasteiger partial charge in [-0.3, -0.25) is 4.48 Å². The normalized spacial score (nSPS) is 19.6. The van der Waals surface area contributed by atoms with Crippen molar-refractivity contribution in [1.29, 1.82) is 0 Å². The number of rotatable bonds is 6. The van der Waals surface area contributed by atoms with Crippen molar-refractivity contribution in [2.75, 3.05) is 19.6 Å². The monoisotopic (exact) mass is 226 g/mol. The molecule has 0 aromatic heterocycles. The van der Waals surface area contributed by atoms with Gasteiger partial charge in [0.15, 0.2) is 0 Å². The van der Waals surface area contributed by atoms with Gasteiger partial charge < -0.3 is 0 Å². The number of carbonyl (C=O) groups is 1. The smallest absolute Gasteiger partial charge is 0.261 e. The molecule has 16 heavy (non-hydrogen) atoms. The van der Waals surface area contributed by atoms with Gasteiger partial charge in [-0.15, -0.1) is 0 Å². The standard InChI is InChI=1S/C14H28NO/c1-3-5-6-8-11-15(14(16)4-2)12-9-7-10-13-15/h3-13H2,1-2H3/q+1. The van der Waals surface area contributed by atoms with Crippen LogP contribution in [0.3, 0.4) is 0 Å². The predicted molar refractivity (Wildman–Crippen MR) is 68.2 cm³/mol. The van der Waals surface area contributed by atoms with E-state index in [1.165, 1.54) is 44.9 Å². The average molecular weight is 226 g/mol. The van der Waals surface area contributed by atoms with E-state index >= 15 is 0 Å². The molecule has 0 saturated carbocycles. The summed E-state index contributed by atoms with van der Waals surface area (Å²) in [7, 11) is 0. The van der Waals surface area contributed by atoms with Crippen molar-refractivity contribution in [3.63, 3.8) is 0 Å². The highest BCUT2D eigenvalue weighted by molar-refractivity contribution is 5.68. The third-order valence-corrected chi connectivity index (χ3v) is 3.94. The average Bonchev–Trinajstić information content (AvgIpc) is 2.35. The lowest BCUT2D eigenvalue weighted by atomic mass is 10.0. The van der Waals surface area contributed by atoms with Gasteiger partial charge >= 0.3 is 5.91 Å². The van der Waals surface area contributed by atoms with E-state index in [9.17, 15) is 4.79 Å². The lowest BCUT2D eigenvalue weighted by Gasteiger charge is -2.39. The summed E-state index contributed by atoms with van der Waals surface area (Å²) in [5.74, 6) is 0.483. The molecule has 0 bridgehead atoms. The van der Waals surface area contributed by atoms with Crippen LogP contribution in [-0.4, -0.2) is 30.0 Å². The SMILES string of the molecule is CCCCCC[N+]1(C(=O)CC)CCCCC1. The van der Waals surface area contributed by atoms with Crippen molar-refractivity contribution in [2.45, 2.75) is 65.2 Å². The number of amides is 1. The van der Waals surface area contributed by atoms with Crippen LogP contribution in [0.5, 0.6) is 0 Å². The molecule has 1 fully saturated rings. The molecule has 0 radical (unpaired) electrons. The van der Waals surface area contributed by atoms with E-state index in [1.54, 1.807) is 0 Å². The fourth-order valence-corrected chi connectivity index (χ4v) is 2.89. The molecule has 0 spiro atoms. The van der Waals surface area contributed by atoms with Gasteiger partial charge in [0.2, 0.25) is 0 Å². The molecule has 1 amide bonds. The maximum atomic E-state index is 12.1. The van der Waals surface area contributed by atoms with Crippen LogP contribution in [-0.2, 0) is 4.79 Å². The van der Waals surface area contributed by atoms with Crippen LogP contribution in [0.25, 0.3) is 0 Å². The van der Waals surface area contributed by atoms with Gasteiger partial charge in [0.25, 0.3) is 0 Å². The van der Waals surface area contributed by atoms with Crippen LogP contribution in [0, 0.1) is 0 Å². The molecule has 0 aliphatic carbocycles. The first-order valence-corrected chi connectivity index (χ1v) is 7.14. The Morgan fingerprint density at radius 1 is 1.00 bits per heavy atom. The molecule has 1 aliphatic heterocycles. The molecule has 0 aromatic carbocycles. The minimum absolute atomic E-state index is 0.483. The van der Waals surface area contributed by atoms with Gasteiger partial charge in [0, 0.05) is 0 Å². The second-order valence-electron chi connectivity index (χ2n) is 5.18. The summed E-state index contributed by atoms with van der Waals surface area (Å²) in [5.41, 5.74) is 0. The highest BCUT2D eigenvalue weighted by Crippen LogP contribution is 2.22. The number of hydrogen-bond donors (Lipinski definition) is 0. The Bertz CT molecular complexity index is 207. The molecular weight excluding hydrogens is 198 g/mol. The molecule has 1 heterocycles. The first kappa shape index (κ1) is 13.7. The predicted octanol–water partition coefficient (Wildman–Crippen LogP) is 3.50. The Labute approximate surface area is 101 Å². The molecule has 0 aromatic rings. The Morgan fingerprint density at radius 3 is 2.25 bits per heavy atom. The van der Waals surface area contributed by atoms with Crippen molar-refractivity contribution in [2.24, 2.45) is 0 Å². The van der Waals surface area contributed by atoms with Crippen molar-refractivity contribution in [1.82, 2.24) is 0 Å². The molecule has 0 N–H and O–H groups in total. The highest BCUT2D eigenvalue weighted by Gasteiger charge is 2.35. The number of carbonyl (C=O) groups excluding carboxylic acids is 1. The lowest BCUT2D eigenvalue weighted by molar-refractivity contribution is -0.860. The third-order valence-electron chi connectivity index (χ3n) is 3.94. The van der Waals surface area contributed by atoms with Gasteiger partial charge in [-0.1, -0.05) is 26.7 Å². The zero-order chi connectivity index (χ0) is 11.9. The van der Waals surface area contributed by atoms with Crippen molar-refractivity contribution in [3.05, 3.63) is 0 Å². The molecule has 2 nitrogen and oxygen atoms in total. The number of quaternary nitrogens is 1. The summed E-state index contributed by atoms with van der Waals surface area (Å²) in [6.07, 6.45) is 9.67. The summed E-state index contributed by atoms with van der Waals surface area (Å²) in [5, 5.41) is 0. The van der Waals surface area contributed by atoms with E-state index in [0.29, 0.717) is 12.3 Å². The fourth-order valence-electron chi connectivity index (χ4n) is 2.89.